The van der Waals surface area contributed by atoms with E-state index < -0.39 is 0 Å². The molecule has 0 aliphatic heterocycles. The molecule has 5 heteroatoms. The van der Waals surface area contributed by atoms with Crippen molar-refractivity contribution in [3.63, 3.8) is 0 Å². The van der Waals surface area contributed by atoms with E-state index in [1.807, 2.05) is 30.3 Å². The van der Waals surface area contributed by atoms with Crippen molar-refractivity contribution in [1.29, 1.82) is 0 Å². The molecule has 9 aromatic rings. The van der Waals surface area contributed by atoms with Crippen LogP contribution in [0.5, 0.6) is 0 Å². The van der Waals surface area contributed by atoms with Crippen molar-refractivity contribution in [2.75, 3.05) is 0 Å². The van der Waals surface area contributed by atoms with Crippen molar-refractivity contribution in [2.24, 2.45) is 0 Å². The Morgan fingerprint density at radius 2 is 1.09 bits per heavy atom. The van der Waals surface area contributed by atoms with Gasteiger partial charge in [0, 0.05) is 32.9 Å². The summed E-state index contributed by atoms with van der Waals surface area (Å²) in [5.74, 6) is -0.696. The molecule has 204 valence electrons. The topological polar surface area (TPSA) is 23.0 Å². The van der Waals surface area contributed by atoms with Crippen LogP contribution in [0.15, 0.2) is 138 Å². The van der Waals surface area contributed by atoms with Gasteiger partial charge in [-0.3, -0.25) is 4.57 Å². The predicted molar refractivity (Wildman–Crippen MR) is 170 cm³/mol. The van der Waals surface area contributed by atoms with Crippen LogP contribution in [0.1, 0.15) is 0 Å². The van der Waals surface area contributed by atoms with Crippen LogP contribution in [0.3, 0.4) is 0 Å². The van der Waals surface area contributed by atoms with E-state index >= 15 is 0 Å². The minimum absolute atomic E-state index is 0.348. The number of benzene rings is 6. The number of rotatable bonds is 3. The lowest BCUT2D eigenvalue weighted by Gasteiger charge is -2.10. The first-order chi connectivity index (χ1) is 21.2. The van der Waals surface area contributed by atoms with E-state index in [0.29, 0.717) is 10.8 Å². The average Bonchev–Trinajstić information content (AvgIpc) is 3.68. The number of furan rings is 1. The molecule has 9 rings (SSSR count). The van der Waals surface area contributed by atoms with E-state index in [1.165, 1.54) is 24.3 Å². The first kappa shape index (κ1) is 24.0. The van der Waals surface area contributed by atoms with Crippen LogP contribution >= 0.6 is 0 Å². The molecule has 0 bridgehead atoms. The highest BCUT2D eigenvalue weighted by molar-refractivity contribution is 6.23. The summed E-state index contributed by atoms with van der Waals surface area (Å²) in [5.41, 5.74) is 8.45. The van der Waals surface area contributed by atoms with Gasteiger partial charge in [-0.05, 0) is 83.9 Å². The number of para-hydroxylation sites is 2. The van der Waals surface area contributed by atoms with Gasteiger partial charge in [0.15, 0.2) is 0 Å². The van der Waals surface area contributed by atoms with Crippen molar-refractivity contribution in [3.05, 3.63) is 145 Å². The van der Waals surface area contributed by atoms with E-state index in [-0.39, 0.29) is 11.6 Å². The molecular formula is C38H22F2N2O. The van der Waals surface area contributed by atoms with Crippen molar-refractivity contribution < 1.29 is 13.2 Å². The van der Waals surface area contributed by atoms with Gasteiger partial charge in [0.1, 0.15) is 17.2 Å². The zero-order valence-corrected chi connectivity index (χ0v) is 22.8. The summed E-state index contributed by atoms with van der Waals surface area (Å²) < 4.78 is 39.2. The minimum atomic E-state index is -0.348. The molecule has 3 heterocycles. The molecule has 0 saturated heterocycles. The van der Waals surface area contributed by atoms with Crippen molar-refractivity contribution in [2.45, 2.75) is 0 Å². The van der Waals surface area contributed by atoms with E-state index in [0.717, 1.165) is 66.5 Å². The van der Waals surface area contributed by atoms with Crippen LogP contribution in [0.2, 0.25) is 0 Å². The fourth-order valence-electron chi connectivity index (χ4n) is 6.64. The number of nitrogens with zero attached hydrogens (tertiary/aromatic N) is 2. The Labute approximate surface area is 244 Å². The third-order valence-corrected chi connectivity index (χ3v) is 8.45. The third-order valence-electron chi connectivity index (χ3n) is 8.45. The fourth-order valence-corrected chi connectivity index (χ4v) is 6.64. The lowest BCUT2D eigenvalue weighted by Crippen LogP contribution is -1.94. The van der Waals surface area contributed by atoms with E-state index in [1.54, 1.807) is 12.1 Å². The monoisotopic (exact) mass is 560 g/mol. The standard InChI is InChI=1S/C38H22F2N2O/c39-24-15-19-33-30(21-24)31-22-25(40)16-20-34(31)41(33)27-17-13-23(14-18-27)28-10-6-12-35-36(28)37-29-9-4-5-11-32(29)42(38(37)43-35)26-7-2-1-3-8-26/h1-22H. The lowest BCUT2D eigenvalue weighted by atomic mass is 9.99. The number of hydrogen-bond donors (Lipinski definition) is 0. The first-order valence-electron chi connectivity index (χ1n) is 14.2. The smallest absolute Gasteiger partial charge is 0.213 e. The number of aromatic nitrogens is 2. The molecule has 0 aliphatic rings. The van der Waals surface area contributed by atoms with Crippen LogP contribution < -0.4 is 0 Å². The molecule has 0 saturated carbocycles. The molecule has 3 aromatic heterocycles. The van der Waals surface area contributed by atoms with Gasteiger partial charge in [0.25, 0.3) is 0 Å². The number of halogens is 2. The maximum atomic E-state index is 14.2. The summed E-state index contributed by atoms with van der Waals surface area (Å²) >= 11 is 0. The fraction of sp³-hybridized carbons (Fsp3) is 0. The summed E-state index contributed by atoms with van der Waals surface area (Å²) in [6, 6.07) is 42.5. The van der Waals surface area contributed by atoms with Crippen molar-refractivity contribution in [3.8, 4) is 22.5 Å². The zero-order valence-electron chi connectivity index (χ0n) is 22.8. The van der Waals surface area contributed by atoms with Gasteiger partial charge >= 0.3 is 0 Å². The summed E-state index contributed by atoms with van der Waals surface area (Å²) in [5, 5.41) is 4.64. The van der Waals surface area contributed by atoms with Crippen LogP contribution in [-0.2, 0) is 0 Å². The van der Waals surface area contributed by atoms with Gasteiger partial charge in [0.05, 0.1) is 21.9 Å². The van der Waals surface area contributed by atoms with E-state index in [4.69, 9.17) is 4.42 Å². The number of fused-ring (bicyclic) bond motifs is 8. The molecule has 0 unspecified atom stereocenters. The maximum Gasteiger partial charge on any atom is 0.213 e. The Kier molecular flexibility index (Phi) is 4.97. The molecular weight excluding hydrogens is 538 g/mol. The third kappa shape index (κ3) is 3.45. The first-order valence-corrected chi connectivity index (χ1v) is 14.2. The SMILES string of the molecule is Fc1ccc2c(c1)c1cc(F)ccc1n2-c1ccc(-c2cccc3oc4c(c5ccccc5n4-c4ccccc4)c23)cc1. The molecule has 0 atom stereocenters. The van der Waals surface area contributed by atoms with Gasteiger partial charge < -0.3 is 8.98 Å². The van der Waals surface area contributed by atoms with Crippen LogP contribution in [0.25, 0.3) is 77.3 Å². The van der Waals surface area contributed by atoms with Gasteiger partial charge in [-0.15, -0.1) is 0 Å². The molecule has 0 radical (unpaired) electrons. The van der Waals surface area contributed by atoms with Gasteiger partial charge in [-0.25, -0.2) is 8.78 Å². The zero-order chi connectivity index (χ0) is 28.7. The van der Waals surface area contributed by atoms with Crippen molar-refractivity contribution >= 4 is 54.8 Å². The number of hydrogen-bond acceptors (Lipinski definition) is 1. The Morgan fingerprint density at radius 1 is 0.465 bits per heavy atom. The van der Waals surface area contributed by atoms with E-state index in [2.05, 4.69) is 75.9 Å². The normalized spacial score (nSPS) is 12.0. The molecule has 43 heavy (non-hydrogen) atoms. The lowest BCUT2D eigenvalue weighted by molar-refractivity contribution is 0.628. The summed E-state index contributed by atoms with van der Waals surface area (Å²) in [7, 11) is 0. The quantitative estimate of drug-likeness (QED) is 0.211. The molecule has 6 aromatic carbocycles. The highest BCUT2D eigenvalue weighted by Crippen LogP contribution is 2.43. The Balaban J connectivity index is 1.26. The summed E-state index contributed by atoms with van der Waals surface area (Å²) in [4.78, 5) is 0. The van der Waals surface area contributed by atoms with Crippen LogP contribution in [0, 0.1) is 11.6 Å². The second-order valence-corrected chi connectivity index (χ2v) is 10.9. The van der Waals surface area contributed by atoms with E-state index in [9.17, 15) is 8.78 Å². The van der Waals surface area contributed by atoms with Crippen LogP contribution in [-0.4, -0.2) is 9.13 Å². The molecule has 0 amide bonds. The second kappa shape index (κ2) is 8.91. The Morgan fingerprint density at radius 3 is 1.81 bits per heavy atom. The molecule has 0 fully saturated rings. The Bertz CT molecular complexity index is 2460. The molecule has 0 spiro atoms. The van der Waals surface area contributed by atoms with Gasteiger partial charge in [-0.2, -0.15) is 0 Å². The summed E-state index contributed by atoms with van der Waals surface area (Å²) in [6.45, 7) is 0. The highest BCUT2D eigenvalue weighted by atomic mass is 19.1. The summed E-state index contributed by atoms with van der Waals surface area (Å²) in [6.07, 6.45) is 0. The van der Waals surface area contributed by atoms with Gasteiger partial charge in [-0.1, -0.05) is 60.7 Å². The largest absolute Gasteiger partial charge is 0.439 e. The molecule has 0 N–H and O–H groups in total. The van der Waals surface area contributed by atoms with Gasteiger partial charge in [0.2, 0.25) is 5.71 Å². The minimum Gasteiger partial charge on any atom is -0.439 e. The van der Waals surface area contributed by atoms with Crippen LogP contribution in [0.4, 0.5) is 8.78 Å². The second-order valence-electron chi connectivity index (χ2n) is 10.9. The average molecular weight is 561 g/mol. The highest BCUT2D eigenvalue weighted by Gasteiger charge is 2.21. The molecule has 0 aliphatic carbocycles. The maximum absolute atomic E-state index is 14.2. The van der Waals surface area contributed by atoms with Crippen molar-refractivity contribution in [1.82, 2.24) is 9.13 Å². The predicted octanol–water partition coefficient (Wildman–Crippen LogP) is 10.6. The Hall–Kier alpha value is -5.68. The molecule has 3 nitrogen and oxygen atoms in total.